The number of anilines is 1. The Hall–Kier alpha value is -1.68. The molecule has 3 nitrogen and oxygen atoms in total. The van der Waals surface area contributed by atoms with Crippen LogP contribution >= 0.6 is 0 Å². The first-order chi connectivity index (χ1) is 8.84. The minimum absolute atomic E-state index is 0.204. The van der Waals surface area contributed by atoms with E-state index in [1.54, 1.807) is 12.3 Å². The van der Waals surface area contributed by atoms with Crippen molar-refractivity contribution in [3.63, 3.8) is 0 Å². The molecule has 0 aliphatic carbocycles. The lowest BCUT2D eigenvalue weighted by Crippen LogP contribution is -2.28. The van der Waals surface area contributed by atoms with Crippen LogP contribution in [0.15, 0.2) is 30.5 Å². The Morgan fingerprint density at radius 1 is 1.17 bits per heavy atom. The Morgan fingerprint density at radius 3 is 3.06 bits per heavy atom. The van der Waals surface area contributed by atoms with Gasteiger partial charge in [0.15, 0.2) is 0 Å². The van der Waals surface area contributed by atoms with Crippen molar-refractivity contribution in [1.29, 1.82) is 0 Å². The van der Waals surface area contributed by atoms with E-state index in [-0.39, 0.29) is 5.82 Å². The van der Waals surface area contributed by atoms with Gasteiger partial charge in [0.05, 0.1) is 0 Å². The van der Waals surface area contributed by atoms with Crippen LogP contribution in [0.4, 0.5) is 10.2 Å². The van der Waals surface area contributed by atoms with E-state index in [9.17, 15) is 4.39 Å². The SMILES string of the molecule is Fc1ccc2ccnc(N3CCCNCC3)c2c1. The molecule has 2 aromatic rings. The Labute approximate surface area is 106 Å². The van der Waals surface area contributed by atoms with E-state index < -0.39 is 0 Å². The maximum Gasteiger partial charge on any atom is 0.136 e. The molecule has 1 aromatic carbocycles. The number of hydrogen-bond acceptors (Lipinski definition) is 3. The van der Waals surface area contributed by atoms with Crippen LogP contribution < -0.4 is 10.2 Å². The van der Waals surface area contributed by atoms with Gasteiger partial charge in [0, 0.05) is 31.2 Å². The second kappa shape index (κ2) is 4.90. The van der Waals surface area contributed by atoms with Crippen LogP contribution in [0.5, 0.6) is 0 Å². The van der Waals surface area contributed by atoms with Crippen LogP contribution in [-0.2, 0) is 0 Å². The molecular weight excluding hydrogens is 229 g/mol. The monoisotopic (exact) mass is 245 g/mol. The molecule has 0 amide bonds. The van der Waals surface area contributed by atoms with Gasteiger partial charge in [-0.15, -0.1) is 0 Å². The number of pyridine rings is 1. The van der Waals surface area contributed by atoms with E-state index >= 15 is 0 Å². The zero-order chi connectivity index (χ0) is 12.4. The zero-order valence-electron chi connectivity index (χ0n) is 10.2. The Kier molecular flexibility index (Phi) is 3.11. The molecule has 0 unspecified atom stereocenters. The van der Waals surface area contributed by atoms with Gasteiger partial charge in [-0.05, 0) is 36.6 Å². The molecule has 1 saturated heterocycles. The van der Waals surface area contributed by atoms with Crippen molar-refractivity contribution >= 4 is 16.6 Å². The summed E-state index contributed by atoms with van der Waals surface area (Å²) in [6.07, 6.45) is 2.89. The third-order valence-corrected chi connectivity index (χ3v) is 3.35. The minimum atomic E-state index is -0.204. The third-order valence-electron chi connectivity index (χ3n) is 3.35. The fraction of sp³-hybridized carbons (Fsp3) is 0.357. The summed E-state index contributed by atoms with van der Waals surface area (Å²) in [6, 6.07) is 6.81. The smallest absolute Gasteiger partial charge is 0.136 e. The van der Waals surface area contributed by atoms with Crippen LogP contribution in [0.1, 0.15) is 6.42 Å². The molecule has 2 heterocycles. The summed E-state index contributed by atoms with van der Waals surface area (Å²) in [5.74, 6) is 0.695. The highest BCUT2D eigenvalue weighted by atomic mass is 19.1. The van der Waals surface area contributed by atoms with Gasteiger partial charge in [-0.2, -0.15) is 0 Å². The molecule has 0 saturated carbocycles. The van der Waals surface area contributed by atoms with Crippen molar-refractivity contribution in [3.05, 3.63) is 36.3 Å². The lowest BCUT2D eigenvalue weighted by molar-refractivity contribution is 0.629. The number of hydrogen-bond donors (Lipinski definition) is 1. The van der Waals surface area contributed by atoms with Crippen LogP contribution in [0.2, 0.25) is 0 Å². The van der Waals surface area contributed by atoms with Crippen LogP contribution in [0, 0.1) is 5.82 Å². The molecule has 0 spiro atoms. The van der Waals surface area contributed by atoms with E-state index in [4.69, 9.17) is 0 Å². The van der Waals surface area contributed by atoms with Crippen molar-refractivity contribution < 1.29 is 4.39 Å². The minimum Gasteiger partial charge on any atom is -0.355 e. The summed E-state index contributed by atoms with van der Waals surface area (Å²) in [6.45, 7) is 3.88. The molecular formula is C14H16FN3. The van der Waals surface area contributed by atoms with E-state index in [2.05, 4.69) is 15.2 Å². The van der Waals surface area contributed by atoms with Crippen molar-refractivity contribution in [2.75, 3.05) is 31.1 Å². The maximum atomic E-state index is 13.4. The molecule has 1 fully saturated rings. The van der Waals surface area contributed by atoms with Crippen molar-refractivity contribution in [2.24, 2.45) is 0 Å². The standard InChI is InChI=1S/C14H16FN3/c15-12-3-2-11-4-6-17-14(13(11)10-12)18-8-1-5-16-7-9-18/h2-4,6,10,16H,1,5,7-9H2. The van der Waals surface area contributed by atoms with Gasteiger partial charge in [0.25, 0.3) is 0 Å². The molecule has 1 N–H and O–H groups in total. The number of fused-ring (bicyclic) bond motifs is 1. The molecule has 0 radical (unpaired) electrons. The molecule has 1 aromatic heterocycles. The number of aromatic nitrogens is 1. The molecule has 18 heavy (non-hydrogen) atoms. The molecule has 0 atom stereocenters. The summed E-state index contributed by atoms with van der Waals surface area (Å²) >= 11 is 0. The van der Waals surface area contributed by atoms with E-state index in [1.807, 2.05) is 12.1 Å². The Bertz CT molecular complexity index is 548. The highest BCUT2D eigenvalue weighted by Gasteiger charge is 2.13. The number of nitrogens with one attached hydrogen (secondary N) is 1. The molecule has 1 aliphatic rings. The second-order valence-corrected chi connectivity index (χ2v) is 4.59. The summed E-state index contributed by atoms with van der Waals surface area (Å²) < 4.78 is 13.4. The molecule has 4 heteroatoms. The number of halogens is 1. The van der Waals surface area contributed by atoms with Gasteiger partial charge in [0.2, 0.25) is 0 Å². The molecule has 1 aliphatic heterocycles. The number of rotatable bonds is 1. The van der Waals surface area contributed by atoms with E-state index in [0.29, 0.717) is 0 Å². The van der Waals surface area contributed by atoms with Gasteiger partial charge in [-0.25, -0.2) is 9.37 Å². The highest BCUT2D eigenvalue weighted by Crippen LogP contribution is 2.25. The topological polar surface area (TPSA) is 28.2 Å². The summed E-state index contributed by atoms with van der Waals surface area (Å²) in [5, 5.41) is 5.31. The van der Waals surface area contributed by atoms with Gasteiger partial charge < -0.3 is 10.2 Å². The van der Waals surface area contributed by atoms with Gasteiger partial charge in [-0.3, -0.25) is 0 Å². The van der Waals surface area contributed by atoms with Crippen LogP contribution in [0.25, 0.3) is 10.8 Å². The van der Waals surface area contributed by atoms with Crippen molar-refractivity contribution in [3.8, 4) is 0 Å². The predicted octanol–water partition coefficient (Wildman–Crippen LogP) is 2.17. The molecule has 0 bridgehead atoms. The number of nitrogens with zero attached hydrogens (tertiary/aromatic N) is 2. The summed E-state index contributed by atoms with van der Waals surface area (Å²) in [7, 11) is 0. The fourth-order valence-corrected chi connectivity index (χ4v) is 2.43. The first-order valence-corrected chi connectivity index (χ1v) is 6.34. The highest BCUT2D eigenvalue weighted by molar-refractivity contribution is 5.92. The third kappa shape index (κ3) is 2.16. The Balaban J connectivity index is 2.06. The molecule has 94 valence electrons. The molecule has 3 rings (SSSR count). The summed E-state index contributed by atoms with van der Waals surface area (Å²) in [5.41, 5.74) is 0. The first-order valence-electron chi connectivity index (χ1n) is 6.34. The van der Waals surface area contributed by atoms with Gasteiger partial charge in [-0.1, -0.05) is 6.07 Å². The van der Waals surface area contributed by atoms with Crippen LogP contribution in [0.3, 0.4) is 0 Å². The average Bonchev–Trinajstić information content (AvgIpc) is 2.67. The maximum absolute atomic E-state index is 13.4. The Morgan fingerprint density at radius 2 is 2.11 bits per heavy atom. The number of benzene rings is 1. The second-order valence-electron chi connectivity index (χ2n) is 4.59. The van der Waals surface area contributed by atoms with E-state index in [1.165, 1.54) is 6.07 Å². The largest absolute Gasteiger partial charge is 0.355 e. The van der Waals surface area contributed by atoms with Crippen molar-refractivity contribution in [1.82, 2.24) is 10.3 Å². The van der Waals surface area contributed by atoms with E-state index in [0.717, 1.165) is 49.2 Å². The van der Waals surface area contributed by atoms with Gasteiger partial charge in [0.1, 0.15) is 11.6 Å². The van der Waals surface area contributed by atoms with Crippen molar-refractivity contribution in [2.45, 2.75) is 6.42 Å². The first kappa shape index (κ1) is 11.4. The normalized spacial score (nSPS) is 16.8. The lowest BCUT2D eigenvalue weighted by Gasteiger charge is -2.22. The fourth-order valence-electron chi connectivity index (χ4n) is 2.43. The zero-order valence-corrected chi connectivity index (χ0v) is 10.2. The lowest BCUT2D eigenvalue weighted by atomic mass is 10.1. The van der Waals surface area contributed by atoms with Crippen LogP contribution in [-0.4, -0.2) is 31.2 Å². The quantitative estimate of drug-likeness (QED) is 0.834. The average molecular weight is 245 g/mol. The van der Waals surface area contributed by atoms with Gasteiger partial charge >= 0.3 is 0 Å². The summed E-state index contributed by atoms with van der Waals surface area (Å²) in [4.78, 5) is 6.68. The predicted molar refractivity (Wildman–Crippen MR) is 71.4 cm³/mol.